The maximum absolute atomic E-state index is 12.5. The summed E-state index contributed by atoms with van der Waals surface area (Å²) in [6.07, 6.45) is 1.98. The number of carboxylic acid groups (broad SMARTS) is 1. The van der Waals surface area contributed by atoms with E-state index in [4.69, 9.17) is 10.8 Å². The minimum absolute atomic E-state index is 0. The van der Waals surface area contributed by atoms with Gasteiger partial charge in [-0.25, -0.2) is 4.79 Å². The summed E-state index contributed by atoms with van der Waals surface area (Å²) in [5.41, 5.74) is 4.93. The van der Waals surface area contributed by atoms with Crippen molar-refractivity contribution in [1.29, 1.82) is 0 Å². The van der Waals surface area contributed by atoms with Gasteiger partial charge in [0.1, 0.15) is 12.3 Å². The molecule has 1 radical (unpaired) electrons. The minimum atomic E-state index is -1.17. The van der Waals surface area contributed by atoms with E-state index in [1.54, 1.807) is 13.8 Å². The van der Waals surface area contributed by atoms with E-state index in [0.29, 0.717) is 12.7 Å². The van der Waals surface area contributed by atoms with Gasteiger partial charge in [-0.1, -0.05) is 13.8 Å². The molecule has 3 atom stereocenters. The van der Waals surface area contributed by atoms with Gasteiger partial charge in [-0.2, -0.15) is 6.41 Å². The fourth-order valence-corrected chi connectivity index (χ4v) is 2.38. The summed E-state index contributed by atoms with van der Waals surface area (Å²) in [7, 11) is 0. The van der Waals surface area contributed by atoms with Crippen molar-refractivity contribution < 1.29 is 66.6 Å². The first-order valence-electron chi connectivity index (χ1n) is 9.06. The van der Waals surface area contributed by atoms with Crippen molar-refractivity contribution in [3.63, 3.8) is 0 Å². The molecule has 7 N–H and O–H groups in total. The van der Waals surface area contributed by atoms with Crippen LogP contribution in [-0.2, 0) is 56.7 Å². The summed E-state index contributed by atoms with van der Waals surface area (Å²) >= 11 is 0. The van der Waals surface area contributed by atoms with Gasteiger partial charge in [0.25, 0.3) is 0 Å². The first kappa shape index (κ1) is 30.1. The fraction of sp³-hybridized carbons (Fsp3) is 0.647. The molecule has 0 saturated heterocycles. The van der Waals surface area contributed by atoms with Gasteiger partial charge in [-0.3, -0.25) is 14.4 Å². The number of aliphatic carboxylic acids is 1. The number of hydrogen-bond acceptors (Lipinski definition) is 6. The summed E-state index contributed by atoms with van der Waals surface area (Å²) in [4.78, 5) is 67.9. The van der Waals surface area contributed by atoms with Gasteiger partial charge >= 0.3 is 12.0 Å². The van der Waals surface area contributed by atoms with Gasteiger partial charge in [0.05, 0.1) is 12.1 Å². The largest absolute Gasteiger partial charge is 0.520 e. The summed E-state index contributed by atoms with van der Waals surface area (Å²) < 4.78 is 0. The number of amides is 5. The van der Waals surface area contributed by atoms with Crippen LogP contribution in [0.4, 0.5) is 4.79 Å². The number of nitrogens with one attached hydrogen (secondary N) is 4. The molecular weight excluding hydrogens is 475 g/mol. The Kier molecular flexibility index (Phi) is 16.8. The molecule has 0 rings (SSSR count). The number of rotatable bonds is 15. The van der Waals surface area contributed by atoms with Crippen LogP contribution in [0.3, 0.4) is 0 Å². The molecule has 5 amide bonds. The van der Waals surface area contributed by atoms with Crippen LogP contribution in [0.15, 0.2) is 0 Å². The first-order chi connectivity index (χ1) is 13.6. The predicted octanol–water partition coefficient (Wildman–Crippen LogP) is -1.85. The standard InChI is InChI=1S/C17H28N5O7.Y/c1-10(2)14(22-15(27)12(20-9-24)5-6-13(25)26)16(28)21-11(8-23)4-3-7-19-17(18)29;/h8,10-12,14H,3-7H2,1-2H3,(H,20,24)(H,21,28)(H,22,27)(H,25,26)(H3,18,19,29);/q-1;. The van der Waals surface area contributed by atoms with Gasteiger partial charge in [0.2, 0.25) is 11.8 Å². The van der Waals surface area contributed by atoms with Crippen LogP contribution < -0.4 is 27.0 Å². The zero-order valence-corrected chi connectivity index (χ0v) is 19.8. The van der Waals surface area contributed by atoms with Crippen molar-refractivity contribution in [3.05, 3.63) is 0 Å². The molecule has 0 fully saturated rings. The Balaban J connectivity index is 0. The Morgan fingerprint density at radius 2 is 1.73 bits per heavy atom. The van der Waals surface area contributed by atoms with Crippen LogP contribution in [0, 0.1) is 5.92 Å². The molecule has 0 aromatic rings. The van der Waals surface area contributed by atoms with Crippen LogP contribution in [0.5, 0.6) is 0 Å². The van der Waals surface area contributed by atoms with E-state index in [-0.39, 0.29) is 64.4 Å². The summed E-state index contributed by atoms with van der Waals surface area (Å²) in [6, 6.07) is -3.72. The van der Waals surface area contributed by atoms with E-state index in [9.17, 15) is 28.8 Å². The van der Waals surface area contributed by atoms with Gasteiger partial charge in [-0.15, -0.1) is 0 Å². The van der Waals surface area contributed by atoms with Crippen LogP contribution >= 0.6 is 0 Å². The van der Waals surface area contributed by atoms with E-state index >= 15 is 0 Å². The second-order valence-corrected chi connectivity index (χ2v) is 6.65. The second kappa shape index (κ2) is 16.7. The molecule has 167 valence electrons. The van der Waals surface area contributed by atoms with Crippen LogP contribution in [0.1, 0.15) is 39.5 Å². The zero-order chi connectivity index (χ0) is 22.4. The van der Waals surface area contributed by atoms with E-state index in [1.165, 1.54) is 6.41 Å². The van der Waals surface area contributed by atoms with E-state index < -0.39 is 41.9 Å². The maximum atomic E-state index is 12.5. The number of carboxylic acids is 1. The normalized spacial score (nSPS) is 13.0. The number of carbonyl (C=O) groups excluding carboxylic acids is 5. The summed E-state index contributed by atoms with van der Waals surface area (Å²) in [6.45, 7) is 3.57. The molecule has 0 aliphatic rings. The Bertz CT molecular complexity index is 603. The van der Waals surface area contributed by atoms with Crippen LogP contribution in [-0.4, -0.2) is 66.3 Å². The van der Waals surface area contributed by atoms with Gasteiger partial charge in [0.15, 0.2) is 0 Å². The first-order valence-corrected chi connectivity index (χ1v) is 9.06. The van der Waals surface area contributed by atoms with E-state index in [1.807, 2.05) is 0 Å². The molecule has 0 aromatic heterocycles. The van der Waals surface area contributed by atoms with Crippen molar-refractivity contribution in [1.82, 2.24) is 21.3 Å². The van der Waals surface area contributed by atoms with Crippen LogP contribution in [0.2, 0.25) is 0 Å². The zero-order valence-electron chi connectivity index (χ0n) is 17.0. The smallest absolute Gasteiger partial charge is 0.312 e. The third kappa shape index (κ3) is 13.2. The quantitative estimate of drug-likeness (QED) is 0.0652. The summed E-state index contributed by atoms with van der Waals surface area (Å²) in [5, 5.41) is 18.2. The monoisotopic (exact) mass is 503 g/mol. The molecule has 0 saturated carbocycles. The van der Waals surface area contributed by atoms with Crippen molar-refractivity contribution in [3.8, 4) is 0 Å². The fourth-order valence-electron chi connectivity index (χ4n) is 2.38. The molecule has 30 heavy (non-hydrogen) atoms. The topological polar surface area (TPSA) is 197 Å². The Hall–Kier alpha value is -2.08. The average molecular weight is 503 g/mol. The maximum Gasteiger partial charge on any atom is 0.312 e. The molecule has 0 aromatic carbocycles. The number of nitrogens with two attached hydrogens (primary N) is 1. The number of carbonyl (C=O) groups is 5. The number of hydrogen-bond donors (Lipinski definition) is 6. The van der Waals surface area contributed by atoms with Crippen molar-refractivity contribution in [2.24, 2.45) is 11.7 Å². The van der Waals surface area contributed by atoms with Gasteiger partial charge < -0.3 is 41.7 Å². The molecular formula is C17H28N5O7Y-. The third-order valence-corrected chi connectivity index (χ3v) is 3.93. The predicted molar refractivity (Wildman–Crippen MR) is 101 cm³/mol. The van der Waals surface area contributed by atoms with Crippen molar-refractivity contribution >= 4 is 36.5 Å². The van der Waals surface area contributed by atoms with E-state index in [0.717, 1.165) is 0 Å². The SMILES string of the molecule is CC(C)C(NC(=O)C(CCC(=O)O)N[C-]=O)C(=O)NC(C=O)CCCNC(N)=O.[Y]. The average Bonchev–Trinajstić information content (AvgIpc) is 2.64. The molecule has 12 nitrogen and oxygen atoms in total. The molecule has 0 aliphatic carbocycles. The molecule has 13 heteroatoms. The molecule has 0 spiro atoms. The number of primary amides is 1. The third-order valence-electron chi connectivity index (χ3n) is 3.93. The number of urea groups is 1. The Morgan fingerprint density at radius 3 is 2.20 bits per heavy atom. The molecule has 0 aliphatic heterocycles. The Labute approximate surface area is 199 Å². The molecule has 0 heterocycles. The van der Waals surface area contributed by atoms with Crippen molar-refractivity contribution in [2.75, 3.05) is 6.54 Å². The Morgan fingerprint density at radius 1 is 1.10 bits per heavy atom. The number of aldehydes is 1. The molecule has 0 bridgehead atoms. The molecule has 3 unspecified atom stereocenters. The summed E-state index contributed by atoms with van der Waals surface area (Å²) in [5.74, 6) is -2.85. The van der Waals surface area contributed by atoms with Gasteiger partial charge in [-0.05, 0) is 25.2 Å². The van der Waals surface area contributed by atoms with Crippen LogP contribution in [0.25, 0.3) is 0 Å². The van der Waals surface area contributed by atoms with Crippen molar-refractivity contribution in [2.45, 2.75) is 57.7 Å². The second-order valence-electron chi connectivity index (χ2n) is 6.65. The van der Waals surface area contributed by atoms with E-state index in [2.05, 4.69) is 21.3 Å². The van der Waals surface area contributed by atoms with Gasteiger partial charge in [0, 0.05) is 45.7 Å². The minimum Gasteiger partial charge on any atom is -0.520 e.